The number of carbonyl (C=O) groups is 1. The molecule has 148 valence electrons. The number of halogens is 1. The molecule has 29 heavy (non-hydrogen) atoms. The maximum atomic E-state index is 12.3. The average Bonchev–Trinajstić information content (AvgIpc) is 3.06. The Kier molecular flexibility index (Phi) is 5.61. The maximum Gasteiger partial charge on any atom is 0.225 e. The lowest BCUT2D eigenvalue weighted by atomic mass is 10.0. The van der Waals surface area contributed by atoms with E-state index in [9.17, 15) is 4.79 Å². The van der Waals surface area contributed by atoms with Crippen molar-refractivity contribution in [1.29, 1.82) is 0 Å². The van der Waals surface area contributed by atoms with E-state index in [0.29, 0.717) is 12.2 Å². The molecule has 5 nitrogen and oxygen atoms in total. The van der Waals surface area contributed by atoms with Gasteiger partial charge in [0.1, 0.15) is 0 Å². The van der Waals surface area contributed by atoms with Crippen molar-refractivity contribution in [3.8, 4) is 0 Å². The molecular weight excluding hydrogens is 448 g/mol. The highest BCUT2D eigenvalue weighted by atomic mass is 79.9. The summed E-state index contributed by atoms with van der Waals surface area (Å²) in [5, 5.41) is 13.7. The van der Waals surface area contributed by atoms with Crippen LogP contribution in [0.4, 0.5) is 5.69 Å². The van der Waals surface area contributed by atoms with Crippen molar-refractivity contribution in [3.05, 3.63) is 63.6 Å². The summed E-state index contributed by atoms with van der Waals surface area (Å²) in [4.78, 5) is 12.3. The molecule has 2 heterocycles. The zero-order chi connectivity index (χ0) is 20.5. The summed E-state index contributed by atoms with van der Waals surface area (Å²) in [6.07, 6.45) is 0.400. The lowest BCUT2D eigenvalue weighted by molar-refractivity contribution is -0.115. The highest BCUT2D eigenvalue weighted by Gasteiger charge is 2.14. The van der Waals surface area contributed by atoms with Crippen LogP contribution in [0, 0.1) is 20.8 Å². The Balaban J connectivity index is 1.53. The van der Waals surface area contributed by atoms with Crippen LogP contribution in [0.5, 0.6) is 0 Å². The van der Waals surface area contributed by atoms with Crippen molar-refractivity contribution in [1.82, 2.24) is 14.6 Å². The molecule has 0 unspecified atom stereocenters. The molecule has 1 N–H and O–H groups in total. The van der Waals surface area contributed by atoms with Crippen molar-refractivity contribution in [3.63, 3.8) is 0 Å². The summed E-state index contributed by atoms with van der Waals surface area (Å²) in [7, 11) is 0. The molecule has 0 aliphatic carbocycles. The number of nitrogens with one attached hydrogen (secondary N) is 1. The van der Waals surface area contributed by atoms with E-state index in [1.54, 1.807) is 11.8 Å². The first-order chi connectivity index (χ1) is 13.9. The zero-order valence-corrected chi connectivity index (χ0v) is 18.9. The Bertz CT molecular complexity index is 1220. The lowest BCUT2D eigenvalue weighted by Gasteiger charge is -2.11. The number of thioether (sulfide) groups is 1. The Hall–Kier alpha value is -2.38. The Morgan fingerprint density at radius 1 is 1.07 bits per heavy atom. The normalized spacial score (nSPS) is 11.3. The van der Waals surface area contributed by atoms with Gasteiger partial charge in [-0.2, -0.15) is 0 Å². The predicted molar refractivity (Wildman–Crippen MR) is 123 cm³/mol. The van der Waals surface area contributed by atoms with Crippen LogP contribution in [-0.2, 0) is 4.79 Å². The van der Waals surface area contributed by atoms with Crippen LogP contribution in [0.2, 0.25) is 0 Å². The second kappa shape index (κ2) is 8.16. The zero-order valence-electron chi connectivity index (χ0n) is 16.5. The minimum absolute atomic E-state index is 0.0128. The van der Waals surface area contributed by atoms with E-state index in [4.69, 9.17) is 0 Å². The standard InChI is InChI=1S/C22H21BrN4OS/c1-13-10-15(3)21-18(11-13)14(2)12-19-25-26-22(27(19)21)29-9-8-20(28)24-17-6-4-16(23)5-7-17/h4-7,10-12H,8-9H2,1-3H3,(H,24,28). The second-order valence-electron chi connectivity index (χ2n) is 7.14. The number of hydrogen-bond donors (Lipinski definition) is 1. The van der Waals surface area contributed by atoms with Crippen LogP contribution in [0.3, 0.4) is 0 Å². The quantitative estimate of drug-likeness (QED) is 0.382. The van der Waals surface area contributed by atoms with Gasteiger partial charge in [0.2, 0.25) is 5.91 Å². The van der Waals surface area contributed by atoms with Crippen molar-refractivity contribution < 1.29 is 4.79 Å². The Labute approximate surface area is 182 Å². The van der Waals surface area contributed by atoms with Crippen LogP contribution in [0.1, 0.15) is 23.1 Å². The second-order valence-corrected chi connectivity index (χ2v) is 9.11. The van der Waals surface area contributed by atoms with E-state index in [0.717, 1.165) is 26.5 Å². The highest BCUT2D eigenvalue weighted by Crippen LogP contribution is 2.29. The highest BCUT2D eigenvalue weighted by molar-refractivity contribution is 9.10. The molecule has 0 aliphatic rings. The molecule has 4 aromatic rings. The summed E-state index contributed by atoms with van der Waals surface area (Å²) < 4.78 is 3.09. The summed E-state index contributed by atoms with van der Waals surface area (Å²) in [5.41, 5.74) is 6.40. The van der Waals surface area contributed by atoms with Crippen molar-refractivity contribution in [2.75, 3.05) is 11.1 Å². The van der Waals surface area contributed by atoms with Gasteiger partial charge in [-0.25, -0.2) is 0 Å². The summed E-state index contributed by atoms with van der Waals surface area (Å²) in [5.74, 6) is 0.616. The van der Waals surface area contributed by atoms with Gasteiger partial charge in [0.15, 0.2) is 10.8 Å². The van der Waals surface area contributed by atoms with Crippen LogP contribution in [0.25, 0.3) is 16.6 Å². The largest absolute Gasteiger partial charge is 0.326 e. The van der Waals surface area contributed by atoms with E-state index in [-0.39, 0.29) is 5.91 Å². The van der Waals surface area contributed by atoms with E-state index in [2.05, 4.69) is 74.8 Å². The first kappa shape index (κ1) is 19.9. The van der Waals surface area contributed by atoms with Gasteiger partial charge in [-0.3, -0.25) is 9.20 Å². The number of hydrogen-bond acceptors (Lipinski definition) is 4. The van der Waals surface area contributed by atoms with Gasteiger partial charge in [0.05, 0.1) is 5.52 Å². The minimum atomic E-state index is -0.0128. The van der Waals surface area contributed by atoms with Gasteiger partial charge in [-0.1, -0.05) is 39.3 Å². The number of aromatic nitrogens is 3. The molecule has 0 saturated heterocycles. The molecule has 0 aliphatic heterocycles. The topological polar surface area (TPSA) is 59.3 Å². The van der Waals surface area contributed by atoms with Crippen LogP contribution in [-0.4, -0.2) is 26.3 Å². The number of rotatable bonds is 5. The fourth-order valence-electron chi connectivity index (χ4n) is 3.50. The third-order valence-corrected chi connectivity index (χ3v) is 6.24. The van der Waals surface area contributed by atoms with Gasteiger partial charge in [0, 0.05) is 27.7 Å². The average molecular weight is 469 g/mol. The van der Waals surface area contributed by atoms with Crippen molar-refractivity contribution in [2.24, 2.45) is 0 Å². The summed E-state index contributed by atoms with van der Waals surface area (Å²) >= 11 is 4.95. The molecule has 0 fully saturated rings. The molecule has 7 heteroatoms. The molecule has 0 saturated carbocycles. The smallest absolute Gasteiger partial charge is 0.225 e. The maximum absolute atomic E-state index is 12.3. The van der Waals surface area contributed by atoms with Crippen molar-refractivity contribution >= 4 is 55.8 Å². The van der Waals surface area contributed by atoms with E-state index < -0.39 is 0 Å². The Morgan fingerprint density at radius 2 is 1.83 bits per heavy atom. The number of fused-ring (bicyclic) bond motifs is 3. The van der Waals surface area contributed by atoms with Gasteiger partial charge in [0.25, 0.3) is 0 Å². The van der Waals surface area contributed by atoms with Crippen LogP contribution in [0.15, 0.2) is 52.1 Å². The number of pyridine rings is 1. The molecule has 0 bridgehead atoms. The van der Waals surface area contributed by atoms with Crippen LogP contribution < -0.4 is 5.32 Å². The number of nitrogens with zero attached hydrogens (tertiary/aromatic N) is 3. The Morgan fingerprint density at radius 3 is 2.59 bits per heavy atom. The summed E-state index contributed by atoms with van der Waals surface area (Å²) in [6, 6.07) is 14.0. The minimum Gasteiger partial charge on any atom is -0.326 e. The van der Waals surface area contributed by atoms with Gasteiger partial charge >= 0.3 is 0 Å². The van der Waals surface area contributed by atoms with E-state index in [1.165, 1.54) is 22.1 Å². The molecule has 2 aromatic heterocycles. The van der Waals surface area contributed by atoms with Gasteiger partial charge < -0.3 is 5.32 Å². The molecule has 0 radical (unpaired) electrons. The predicted octanol–water partition coefficient (Wildman–Crippen LogP) is 5.69. The van der Waals surface area contributed by atoms with E-state index in [1.807, 2.05) is 24.3 Å². The fraction of sp³-hybridized carbons (Fsp3) is 0.227. The number of aryl methyl sites for hydroxylation is 3. The molecule has 0 atom stereocenters. The molecule has 0 spiro atoms. The molecule has 4 rings (SSSR count). The molecule has 1 amide bonds. The third-order valence-electron chi connectivity index (χ3n) is 4.79. The SMILES string of the molecule is Cc1cc(C)c2c(c1)c(C)cc1nnc(SCCC(=O)Nc3ccc(Br)cc3)n12. The molecular formula is C22H21BrN4OS. The van der Waals surface area contributed by atoms with Crippen LogP contribution >= 0.6 is 27.7 Å². The number of benzene rings is 2. The van der Waals surface area contributed by atoms with Gasteiger partial charge in [-0.05, 0) is 68.3 Å². The first-order valence-corrected chi connectivity index (χ1v) is 11.1. The number of carbonyl (C=O) groups excluding carboxylic acids is 1. The number of amides is 1. The monoisotopic (exact) mass is 468 g/mol. The number of anilines is 1. The lowest BCUT2D eigenvalue weighted by Crippen LogP contribution is -2.12. The van der Waals surface area contributed by atoms with Gasteiger partial charge in [-0.15, -0.1) is 10.2 Å². The third kappa shape index (κ3) is 4.16. The first-order valence-electron chi connectivity index (χ1n) is 9.36. The molecule has 2 aromatic carbocycles. The van der Waals surface area contributed by atoms with Crippen molar-refractivity contribution in [2.45, 2.75) is 32.3 Å². The fourth-order valence-corrected chi connectivity index (χ4v) is 4.65. The van der Waals surface area contributed by atoms with E-state index >= 15 is 0 Å². The summed E-state index contributed by atoms with van der Waals surface area (Å²) in [6.45, 7) is 6.34.